The predicted octanol–water partition coefficient (Wildman–Crippen LogP) is 4.27. The standard InChI is InChI=1S/C17H32N4O.HI/c1-5-8-9-10-11-14(4)20-17(18-7-3)19-13-16-12-15(6-2)21-22-16;/h12,14H,5-11,13H2,1-4H3,(H2,18,19,20);1H. The molecule has 5 nitrogen and oxygen atoms in total. The molecule has 1 aromatic heterocycles. The van der Waals surface area contributed by atoms with E-state index in [2.05, 4.69) is 48.5 Å². The molecule has 1 heterocycles. The molecular weight excluding hydrogens is 403 g/mol. The summed E-state index contributed by atoms with van der Waals surface area (Å²) in [6.45, 7) is 9.97. The molecule has 2 N–H and O–H groups in total. The van der Waals surface area contributed by atoms with Crippen molar-refractivity contribution in [3.8, 4) is 0 Å². The summed E-state index contributed by atoms with van der Waals surface area (Å²) in [7, 11) is 0. The van der Waals surface area contributed by atoms with Crippen LogP contribution in [-0.2, 0) is 13.0 Å². The summed E-state index contributed by atoms with van der Waals surface area (Å²) < 4.78 is 5.27. The monoisotopic (exact) mass is 436 g/mol. The van der Waals surface area contributed by atoms with Gasteiger partial charge in [-0.15, -0.1) is 24.0 Å². The molecule has 0 aliphatic heterocycles. The summed E-state index contributed by atoms with van der Waals surface area (Å²) in [6, 6.07) is 2.40. The van der Waals surface area contributed by atoms with Crippen LogP contribution in [0.2, 0.25) is 0 Å². The van der Waals surface area contributed by atoms with E-state index < -0.39 is 0 Å². The number of aliphatic imine (C=N–C) groups is 1. The van der Waals surface area contributed by atoms with Gasteiger partial charge in [0.1, 0.15) is 6.54 Å². The molecule has 0 amide bonds. The van der Waals surface area contributed by atoms with Crippen molar-refractivity contribution >= 4 is 29.9 Å². The van der Waals surface area contributed by atoms with E-state index in [0.717, 1.165) is 30.4 Å². The number of nitrogens with zero attached hydrogens (tertiary/aromatic N) is 2. The highest BCUT2D eigenvalue weighted by atomic mass is 127. The number of hydrogen-bond donors (Lipinski definition) is 2. The second-order valence-corrected chi connectivity index (χ2v) is 5.73. The van der Waals surface area contributed by atoms with E-state index in [1.165, 1.54) is 32.1 Å². The molecule has 0 radical (unpaired) electrons. The van der Waals surface area contributed by atoms with Crippen LogP contribution in [-0.4, -0.2) is 23.7 Å². The van der Waals surface area contributed by atoms with Crippen LogP contribution in [0.15, 0.2) is 15.6 Å². The van der Waals surface area contributed by atoms with E-state index in [9.17, 15) is 0 Å². The zero-order valence-electron chi connectivity index (χ0n) is 15.0. The first-order valence-electron chi connectivity index (χ1n) is 8.68. The van der Waals surface area contributed by atoms with Crippen molar-refractivity contribution in [1.82, 2.24) is 15.8 Å². The zero-order chi connectivity index (χ0) is 16.2. The minimum atomic E-state index is 0. The number of rotatable bonds is 10. The van der Waals surface area contributed by atoms with Gasteiger partial charge in [-0.25, -0.2) is 4.99 Å². The van der Waals surface area contributed by atoms with Crippen molar-refractivity contribution in [2.45, 2.75) is 78.8 Å². The Balaban J connectivity index is 0.00000484. The topological polar surface area (TPSA) is 62.5 Å². The number of guanidine groups is 1. The quantitative estimate of drug-likeness (QED) is 0.249. The van der Waals surface area contributed by atoms with Gasteiger partial charge in [-0.1, -0.05) is 44.7 Å². The summed E-state index contributed by atoms with van der Waals surface area (Å²) >= 11 is 0. The fourth-order valence-corrected chi connectivity index (χ4v) is 2.26. The Bertz CT molecular complexity index is 434. The highest BCUT2D eigenvalue weighted by Crippen LogP contribution is 2.07. The first-order valence-corrected chi connectivity index (χ1v) is 8.68. The molecule has 6 heteroatoms. The van der Waals surface area contributed by atoms with E-state index in [4.69, 9.17) is 4.52 Å². The maximum Gasteiger partial charge on any atom is 0.191 e. The summed E-state index contributed by atoms with van der Waals surface area (Å²) in [5.74, 6) is 1.66. The van der Waals surface area contributed by atoms with Crippen LogP contribution >= 0.6 is 24.0 Å². The van der Waals surface area contributed by atoms with E-state index in [-0.39, 0.29) is 24.0 Å². The van der Waals surface area contributed by atoms with Crippen LogP contribution < -0.4 is 10.6 Å². The molecule has 0 saturated carbocycles. The van der Waals surface area contributed by atoms with Crippen molar-refractivity contribution in [1.29, 1.82) is 0 Å². The molecule has 0 spiro atoms. The third-order valence-electron chi connectivity index (χ3n) is 3.58. The van der Waals surface area contributed by atoms with Crippen LogP contribution in [0.4, 0.5) is 0 Å². The zero-order valence-corrected chi connectivity index (χ0v) is 17.4. The van der Waals surface area contributed by atoms with Crippen molar-refractivity contribution in [2.75, 3.05) is 6.54 Å². The fraction of sp³-hybridized carbons (Fsp3) is 0.765. The maximum absolute atomic E-state index is 5.27. The lowest BCUT2D eigenvalue weighted by Crippen LogP contribution is -2.42. The van der Waals surface area contributed by atoms with Gasteiger partial charge in [-0.3, -0.25) is 0 Å². The highest BCUT2D eigenvalue weighted by Gasteiger charge is 2.06. The summed E-state index contributed by atoms with van der Waals surface area (Å²) in [5, 5.41) is 10.7. The second kappa shape index (κ2) is 13.6. The fourth-order valence-electron chi connectivity index (χ4n) is 2.26. The molecule has 0 saturated heterocycles. The summed E-state index contributed by atoms with van der Waals surface area (Å²) in [5.41, 5.74) is 0.979. The molecule has 0 aliphatic rings. The number of aromatic nitrogens is 1. The molecule has 1 unspecified atom stereocenters. The SMILES string of the molecule is CCCCCCC(C)NC(=NCc1cc(CC)no1)NCC.I. The van der Waals surface area contributed by atoms with Gasteiger partial charge >= 0.3 is 0 Å². The van der Waals surface area contributed by atoms with Crippen molar-refractivity contribution < 1.29 is 4.52 Å². The van der Waals surface area contributed by atoms with Crippen LogP contribution in [0, 0.1) is 0 Å². The molecule has 0 bridgehead atoms. The molecule has 0 aliphatic carbocycles. The first-order chi connectivity index (χ1) is 10.7. The van der Waals surface area contributed by atoms with E-state index >= 15 is 0 Å². The molecule has 0 fully saturated rings. The Morgan fingerprint density at radius 2 is 2.04 bits per heavy atom. The summed E-state index contributed by atoms with van der Waals surface area (Å²) in [4.78, 5) is 4.58. The van der Waals surface area contributed by atoms with Crippen LogP contribution in [0.5, 0.6) is 0 Å². The number of hydrogen-bond acceptors (Lipinski definition) is 3. The molecule has 1 atom stereocenters. The van der Waals surface area contributed by atoms with Crippen molar-refractivity contribution in [3.05, 3.63) is 17.5 Å². The van der Waals surface area contributed by atoms with E-state index in [1.807, 2.05) is 6.07 Å². The number of unbranched alkanes of at least 4 members (excludes halogenated alkanes) is 3. The van der Waals surface area contributed by atoms with Gasteiger partial charge in [-0.05, 0) is 26.7 Å². The Morgan fingerprint density at radius 1 is 1.26 bits per heavy atom. The number of halogens is 1. The molecule has 0 aromatic carbocycles. The lowest BCUT2D eigenvalue weighted by atomic mass is 10.1. The minimum absolute atomic E-state index is 0. The Hall–Kier alpha value is -0.790. The average molecular weight is 436 g/mol. The summed E-state index contributed by atoms with van der Waals surface area (Å²) in [6.07, 6.45) is 7.25. The van der Waals surface area contributed by atoms with E-state index in [1.54, 1.807) is 0 Å². The van der Waals surface area contributed by atoms with Gasteiger partial charge in [-0.2, -0.15) is 0 Å². The highest BCUT2D eigenvalue weighted by molar-refractivity contribution is 14.0. The van der Waals surface area contributed by atoms with Crippen LogP contribution in [0.1, 0.15) is 71.3 Å². The Labute approximate surface area is 158 Å². The van der Waals surface area contributed by atoms with Crippen molar-refractivity contribution in [3.63, 3.8) is 0 Å². The molecular formula is C17H33IN4O. The average Bonchev–Trinajstić information content (AvgIpc) is 2.97. The lowest BCUT2D eigenvalue weighted by Gasteiger charge is -2.17. The Morgan fingerprint density at radius 3 is 2.65 bits per heavy atom. The predicted molar refractivity (Wildman–Crippen MR) is 107 cm³/mol. The third-order valence-corrected chi connectivity index (χ3v) is 3.58. The number of nitrogens with one attached hydrogen (secondary N) is 2. The molecule has 134 valence electrons. The number of aryl methyl sites for hydroxylation is 1. The Kier molecular flexibility index (Phi) is 13.2. The van der Waals surface area contributed by atoms with Gasteiger partial charge in [0.2, 0.25) is 0 Å². The van der Waals surface area contributed by atoms with Crippen LogP contribution in [0.3, 0.4) is 0 Å². The molecule has 1 aromatic rings. The molecule has 1 rings (SSSR count). The lowest BCUT2D eigenvalue weighted by molar-refractivity contribution is 0.379. The molecule has 23 heavy (non-hydrogen) atoms. The van der Waals surface area contributed by atoms with Gasteiger partial charge in [0.15, 0.2) is 11.7 Å². The van der Waals surface area contributed by atoms with Gasteiger partial charge in [0, 0.05) is 18.7 Å². The largest absolute Gasteiger partial charge is 0.359 e. The van der Waals surface area contributed by atoms with Gasteiger partial charge < -0.3 is 15.2 Å². The van der Waals surface area contributed by atoms with Gasteiger partial charge in [0.25, 0.3) is 0 Å². The first kappa shape index (κ1) is 22.2. The second-order valence-electron chi connectivity index (χ2n) is 5.73. The van der Waals surface area contributed by atoms with Crippen LogP contribution in [0.25, 0.3) is 0 Å². The third kappa shape index (κ3) is 9.84. The van der Waals surface area contributed by atoms with Crippen molar-refractivity contribution in [2.24, 2.45) is 4.99 Å². The normalized spacial score (nSPS) is 12.6. The minimum Gasteiger partial charge on any atom is -0.359 e. The van der Waals surface area contributed by atoms with Gasteiger partial charge in [0.05, 0.1) is 5.69 Å². The van der Waals surface area contributed by atoms with E-state index in [0.29, 0.717) is 12.6 Å². The smallest absolute Gasteiger partial charge is 0.191 e. The maximum atomic E-state index is 5.27.